The zero-order valence-corrected chi connectivity index (χ0v) is 10.6. The fourth-order valence-corrected chi connectivity index (χ4v) is 2.92. The first-order valence-corrected chi connectivity index (χ1v) is 6.78. The molecule has 2 atom stereocenters. The van der Waals surface area contributed by atoms with Crippen LogP contribution in [-0.4, -0.2) is 37.0 Å². The summed E-state index contributed by atoms with van der Waals surface area (Å²) >= 11 is 1.18. The summed E-state index contributed by atoms with van der Waals surface area (Å²) in [6, 6.07) is 0.324. The van der Waals surface area contributed by atoms with Crippen molar-refractivity contribution in [2.24, 2.45) is 5.92 Å². The third-order valence-corrected chi connectivity index (χ3v) is 3.96. The molecule has 0 spiro atoms. The van der Waals surface area contributed by atoms with E-state index in [2.05, 4.69) is 22.4 Å². The fourth-order valence-electron chi connectivity index (χ4n) is 2.26. The molecule has 1 fully saturated rings. The van der Waals surface area contributed by atoms with Gasteiger partial charge >= 0.3 is 5.97 Å². The maximum Gasteiger partial charge on any atom is 0.313 e. The highest BCUT2D eigenvalue weighted by atomic mass is 32.2. The quantitative estimate of drug-likeness (QED) is 0.824. The van der Waals surface area contributed by atoms with Crippen LogP contribution in [0.3, 0.4) is 0 Å². The van der Waals surface area contributed by atoms with Crippen molar-refractivity contribution in [2.45, 2.75) is 43.8 Å². The van der Waals surface area contributed by atoms with Crippen molar-refractivity contribution < 1.29 is 9.90 Å². The van der Waals surface area contributed by atoms with Gasteiger partial charge in [-0.2, -0.15) is 0 Å². The smallest absolute Gasteiger partial charge is 0.313 e. The van der Waals surface area contributed by atoms with Crippen LogP contribution in [0.2, 0.25) is 0 Å². The molecule has 0 radical (unpaired) electrons. The first-order valence-electron chi connectivity index (χ1n) is 5.79. The van der Waals surface area contributed by atoms with Crippen molar-refractivity contribution in [3.05, 3.63) is 0 Å². The molecule has 0 amide bonds. The zero-order chi connectivity index (χ0) is 12.3. The number of tetrazole rings is 1. The molecule has 1 aromatic rings. The van der Waals surface area contributed by atoms with Gasteiger partial charge in [-0.05, 0) is 29.2 Å². The number of thioether (sulfide) groups is 1. The number of nitrogens with zero attached hydrogens (tertiary/aromatic N) is 4. The Hall–Kier alpha value is -1.11. The van der Waals surface area contributed by atoms with Gasteiger partial charge in [0.05, 0.1) is 11.8 Å². The molecule has 1 aliphatic carbocycles. The summed E-state index contributed by atoms with van der Waals surface area (Å²) in [5.41, 5.74) is 0. The average molecular weight is 256 g/mol. The standard InChI is InChI=1S/C10H16N4O2S/c1-7-3-2-4-8(5-7)14-10(11-12-13-14)17-6-9(15)16/h7-8H,2-6H2,1H3,(H,15,16). The lowest BCUT2D eigenvalue weighted by atomic mass is 9.87. The van der Waals surface area contributed by atoms with Gasteiger partial charge in [-0.3, -0.25) is 4.79 Å². The van der Waals surface area contributed by atoms with Crippen molar-refractivity contribution in [3.8, 4) is 0 Å². The van der Waals surface area contributed by atoms with Crippen LogP contribution in [0.1, 0.15) is 38.6 Å². The summed E-state index contributed by atoms with van der Waals surface area (Å²) in [4.78, 5) is 10.5. The van der Waals surface area contributed by atoms with Crippen molar-refractivity contribution in [3.63, 3.8) is 0 Å². The Balaban J connectivity index is 2.04. The van der Waals surface area contributed by atoms with Crippen molar-refractivity contribution in [2.75, 3.05) is 5.75 Å². The number of aromatic nitrogens is 4. The molecular formula is C10H16N4O2S. The van der Waals surface area contributed by atoms with Crippen LogP contribution in [0, 0.1) is 5.92 Å². The number of hydrogen-bond donors (Lipinski definition) is 1. The molecule has 17 heavy (non-hydrogen) atoms. The van der Waals surface area contributed by atoms with Crippen LogP contribution in [-0.2, 0) is 4.79 Å². The van der Waals surface area contributed by atoms with Gasteiger partial charge in [0.15, 0.2) is 0 Å². The van der Waals surface area contributed by atoms with Crippen LogP contribution in [0.25, 0.3) is 0 Å². The molecule has 7 heteroatoms. The summed E-state index contributed by atoms with van der Waals surface area (Å²) in [6.07, 6.45) is 4.60. The number of carboxylic acids is 1. The molecule has 1 saturated carbocycles. The Labute approximate surface area is 104 Å². The Morgan fingerprint density at radius 2 is 2.41 bits per heavy atom. The molecule has 0 aromatic carbocycles. The molecule has 0 bridgehead atoms. The lowest BCUT2D eigenvalue weighted by Gasteiger charge is -2.26. The minimum atomic E-state index is -0.846. The molecule has 6 nitrogen and oxygen atoms in total. The minimum absolute atomic E-state index is 0.00263. The Kier molecular flexibility index (Phi) is 3.98. The first kappa shape index (κ1) is 12.3. The van der Waals surface area contributed by atoms with Gasteiger partial charge in [-0.15, -0.1) is 5.10 Å². The van der Waals surface area contributed by atoms with E-state index in [4.69, 9.17) is 5.11 Å². The molecule has 94 valence electrons. The largest absolute Gasteiger partial charge is 0.481 e. The van der Waals surface area contributed by atoms with E-state index < -0.39 is 5.97 Å². The maximum atomic E-state index is 10.5. The van der Waals surface area contributed by atoms with Gasteiger partial charge in [0.25, 0.3) is 0 Å². The van der Waals surface area contributed by atoms with Crippen LogP contribution in [0.5, 0.6) is 0 Å². The molecule has 1 heterocycles. The predicted molar refractivity (Wildman–Crippen MR) is 62.8 cm³/mol. The molecule has 1 N–H and O–H groups in total. The lowest BCUT2D eigenvalue weighted by Crippen LogP contribution is -2.19. The van der Waals surface area contributed by atoms with Gasteiger partial charge in [0.2, 0.25) is 5.16 Å². The zero-order valence-electron chi connectivity index (χ0n) is 9.74. The van der Waals surface area contributed by atoms with Gasteiger partial charge in [-0.25, -0.2) is 4.68 Å². The molecular weight excluding hydrogens is 240 g/mol. The van der Waals surface area contributed by atoms with Crippen molar-refractivity contribution >= 4 is 17.7 Å². The highest BCUT2D eigenvalue weighted by molar-refractivity contribution is 7.99. The number of aliphatic carboxylic acids is 1. The Morgan fingerprint density at radius 3 is 3.12 bits per heavy atom. The van der Waals surface area contributed by atoms with Crippen LogP contribution >= 0.6 is 11.8 Å². The topological polar surface area (TPSA) is 80.9 Å². The second-order valence-electron chi connectivity index (χ2n) is 4.51. The van der Waals surface area contributed by atoms with Crippen LogP contribution in [0.4, 0.5) is 0 Å². The van der Waals surface area contributed by atoms with E-state index in [1.807, 2.05) is 0 Å². The van der Waals surface area contributed by atoms with E-state index >= 15 is 0 Å². The Bertz CT molecular complexity index is 395. The average Bonchev–Trinajstić information content (AvgIpc) is 2.74. The third-order valence-electron chi connectivity index (χ3n) is 3.04. The van der Waals surface area contributed by atoms with Gasteiger partial charge < -0.3 is 5.11 Å². The van der Waals surface area contributed by atoms with E-state index in [9.17, 15) is 4.79 Å². The molecule has 1 aliphatic rings. The summed E-state index contributed by atoms with van der Waals surface area (Å²) < 4.78 is 1.79. The predicted octanol–water partition coefficient (Wildman–Crippen LogP) is 1.60. The number of carbonyl (C=O) groups is 1. The van der Waals surface area contributed by atoms with Crippen LogP contribution < -0.4 is 0 Å². The SMILES string of the molecule is CC1CCCC(n2nnnc2SCC(=O)O)C1. The molecule has 2 rings (SSSR count). The first-order chi connectivity index (χ1) is 8.16. The van der Waals surface area contributed by atoms with Crippen molar-refractivity contribution in [1.82, 2.24) is 20.2 Å². The molecule has 0 saturated heterocycles. The van der Waals surface area contributed by atoms with Crippen molar-refractivity contribution in [1.29, 1.82) is 0 Å². The van der Waals surface area contributed by atoms with E-state index in [0.717, 1.165) is 12.8 Å². The van der Waals surface area contributed by atoms with Crippen LogP contribution in [0.15, 0.2) is 5.16 Å². The summed E-state index contributed by atoms with van der Waals surface area (Å²) in [5.74, 6) is -0.153. The maximum absolute atomic E-state index is 10.5. The van der Waals surface area contributed by atoms with Gasteiger partial charge in [0.1, 0.15) is 0 Å². The van der Waals surface area contributed by atoms with Gasteiger partial charge in [-0.1, -0.05) is 31.5 Å². The highest BCUT2D eigenvalue weighted by Crippen LogP contribution is 2.33. The van der Waals surface area contributed by atoms with E-state index in [1.54, 1.807) is 4.68 Å². The van der Waals surface area contributed by atoms with E-state index in [-0.39, 0.29) is 5.75 Å². The second-order valence-corrected chi connectivity index (χ2v) is 5.46. The monoisotopic (exact) mass is 256 g/mol. The number of carboxylic acid groups (broad SMARTS) is 1. The molecule has 2 unspecified atom stereocenters. The number of hydrogen-bond acceptors (Lipinski definition) is 5. The van der Waals surface area contributed by atoms with Gasteiger partial charge in [0, 0.05) is 0 Å². The minimum Gasteiger partial charge on any atom is -0.481 e. The summed E-state index contributed by atoms with van der Waals surface area (Å²) in [7, 11) is 0. The second kappa shape index (κ2) is 5.48. The lowest BCUT2D eigenvalue weighted by molar-refractivity contribution is -0.133. The molecule has 0 aliphatic heterocycles. The third kappa shape index (κ3) is 3.18. The Morgan fingerprint density at radius 1 is 1.59 bits per heavy atom. The van der Waals surface area contributed by atoms with E-state index in [1.165, 1.54) is 24.6 Å². The normalized spacial score (nSPS) is 24.8. The van der Waals surface area contributed by atoms with E-state index in [0.29, 0.717) is 17.1 Å². The fraction of sp³-hybridized carbons (Fsp3) is 0.800. The number of rotatable bonds is 4. The summed E-state index contributed by atoms with van der Waals surface area (Å²) in [6.45, 7) is 2.24. The highest BCUT2D eigenvalue weighted by Gasteiger charge is 2.24. The molecule has 1 aromatic heterocycles. The summed E-state index contributed by atoms with van der Waals surface area (Å²) in [5, 5.41) is 20.8.